The molecule has 0 radical (unpaired) electrons. The van der Waals surface area contributed by atoms with Gasteiger partial charge in [-0.25, -0.2) is 0 Å². The average Bonchev–Trinajstić information content (AvgIpc) is 3.13. The van der Waals surface area contributed by atoms with Crippen molar-refractivity contribution in [2.24, 2.45) is 0 Å². The van der Waals surface area contributed by atoms with Crippen LogP contribution in [0.15, 0.2) is 40.9 Å². The molecule has 2 amide bonds. The first-order chi connectivity index (χ1) is 13.1. The minimum atomic E-state index is -0.0827. The van der Waals surface area contributed by atoms with E-state index < -0.39 is 0 Å². The summed E-state index contributed by atoms with van der Waals surface area (Å²) in [5, 5.41) is 6.77. The molecule has 1 aliphatic rings. The number of nitrogens with zero attached hydrogens (tertiary/aromatic N) is 3. The summed E-state index contributed by atoms with van der Waals surface area (Å²) >= 11 is 0. The number of piperazine rings is 1. The molecule has 0 saturated carbocycles. The molecule has 1 aliphatic heterocycles. The number of benzene rings is 1. The molecule has 0 unspecified atom stereocenters. The number of hydrogen-bond donors (Lipinski definition) is 1. The molecule has 0 atom stereocenters. The van der Waals surface area contributed by atoms with Crippen molar-refractivity contribution < 1.29 is 14.1 Å². The van der Waals surface area contributed by atoms with Crippen molar-refractivity contribution in [2.75, 3.05) is 39.3 Å². The lowest BCUT2D eigenvalue weighted by molar-refractivity contribution is -0.121. The second-order valence-electron chi connectivity index (χ2n) is 6.79. The van der Waals surface area contributed by atoms with Gasteiger partial charge in [-0.05, 0) is 18.9 Å². The highest BCUT2D eigenvalue weighted by molar-refractivity contribution is 5.92. The molecular weight excluding hydrogens is 344 g/mol. The molecule has 1 N–H and O–H groups in total. The van der Waals surface area contributed by atoms with Crippen molar-refractivity contribution in [3.8, 4) is 0 Å². The fraction of sp³-hybridized carbons (Fsp3) is 0.450. The fourth-order valence-electron chi connectivity index (χ4n) is 3.15. The van der Waals surface area contributed by atoms with E-state index in [2.05, 4.69) is 15.4 Å². The Hall–Kier alpha value is -2.67. The Balaban J connectivity index is 1.31. The number of carbonyl (C=O) groups is 2. The Morgan fingerprint density at radius 1 is 1.15 bits per heavy atom. The first kappa shape index (κ1) is 19.1. The van der Waals surface area contributed by atoms with E-state index in [4.69, 9.17) is 4.52 Å². The molecule has 27 heavy (non-hydrogen) atoms. The van der Waals surface area contributed by atoms with E-state index in [0.29, 0.717) is 37.5 Å². The lowest BCUT2D eigenvalue weighted by Gasteiger charge is -2.34. The van der Waals surface area contributed by atoms with Crippen LogP contribution in [0.4, 0.5) is 0 Å². The van der Waals surface area contributed by atoms with Crippen molar-refractivity contribution in [1.29, 1.82) is 0 Å². The van der Waals surface area contributed by atoms with E-state index in [9.17, 15) is 9.59 Å². The standard InChI is InChI=1S/C20H26N4O3/c1-16-15-18(22-27-16)20(26)24-13-11-23(12-14-24)10-9-21-19(25)8-7-17-5-3-2-4-6-17/h2-6,15H,7-14H2,1H3,(H,21,25). The molecule has 144 valence electrons. The van der Waals surface area contributed by atoms with Crippen LogP contribution in [0.2, 0.25) is 0 Å². The van der Waals surface area contributed by atoms with Crippen LogP contribution in [-0.2, 0) is 11.2 Å². The summed E-state index contributed by atoms with van der Waals surface area (Å²) in [6.45, 7) is 6.10. The maximum atomic E-state index is 12.3. The van der Waals surface area contributed by atoms with E-state index in [-0.39, 0.29) is 11.8 Å². The molecule has 1 fully saturated rings. The number of carbonyl (C=O) groups excluding carboxylic acids is 2. The van der Waals surface area contributed by atoms with Crippen molar-refractivity contribution in [3.05, 3.63) is 53.4 Å². The zero-order valence-corrected chi connectivity index (χ0v) is 15.7. The van der Waals surface area contributed by atoms with Crippen LogP contribution < -0.4 is 5.32 Å². The Morgan fingerprint density at radius 2 is 1.89 bits per heavy atom. The van der Waals surface area contributed by atoms with Crippen molar-refractivity contribution in [2.45, 2.75) is 19.8 Å². The quantitative estimate of drug-likeness (QED) is 0.799. The third kappa shape index (κ3) is 5.65. The molecule has 2 heterocycles. The Morgan fingerprint density at radius 3 is 2.56 bits per heavy atom. The summed E-state index contributed by atoms with van der Waals surface area (Å²) in [6.07, 6.45) is 1.26. The summed E-state index contributed by atoms with van der Waals surface area (Å²) in [6, 6.07) is 11.7. The molecule has 1 aromatic heterocycles. The van der Waals surface area contributed by atoms with Gasteiger partial charge in [0.1, 0.15) is 5.76 Å². The maximum Gasteiger partial charge on any atom is 0.276 e. The van der Waals surface area contributed by atoms with Crippen LogP contribution in [-0.4, -0.2) is 66.0 Å². The van der Waals surface area contributed by atoms with Gasteiger partial charge in [0.2, 0.25) is 5.91 Å². The van der Waals surface area contributed by atoms with Gasteiger partial charge in [-0.15, -0.1) is 0 Å². The van der Waals surface area contributed by atoms with Gasteiger partial charge in [0.25, 0.3) is 5.91 Å². The molecule has 0 aliphatic carbocycles. The van der Waals surface area contributed by atoms with Crippen LogP contribution in [0.5, 0.6) is 0 Å². The minimum absolute atomic E-state index is 0.0778. The van der Waals surface area contributed by atoms with Gasteiger partial charge in [0.15, 0.2) is 5.69 Å². The van der Waals surface area contributed by atoms with E-state index in [1.165, 1.54) is 5.56 Å². The van der Waals surface area contributed by atoms with Crippen LogP contribution in [0.25, 0.3) is 0 Å². The van der Waals surface area contributed by atoms with Crippen LogP contribution in [0, 0.1) is 6.92 Å². The summed E-state index contributed by atoms with van der Waals surface area (Å²) in [5.74, 6) is 0.634. The Kier molecular flexibility index (Phi) is 6.59. The Bertz CT molecular complexity index is 752. The van der Waals surface area contributed by atoms with Crippen LogP contribution in [0.3, 0.4) is 0 Å². The topological polar surface area (TPSA) is 78.7 Å². The van der Waals surface area contributed by atoms with Crippen molar-refractivity contribution in [1.82, 2.24) is 20.3 Å². The van der Waals surface area contributed by atoms with Crippen molar-refractivity contribution >= 4 is 11.8 Å². The van der Waals surface area contributed by atoms with Crippen LogP contribution in [0.1, 0.15) is 28.2 Å². The molecule has 7 nitrogen and oxygen atoms in total. The predicted octanol–water partition coefficient (Wildman–Crippen LogP) is 1.49. The summed E-state index contributed by atoms with van der Waals surface area (Å²) < 4.78 is 4.97. The molecular formula is C20H26N4O3. The maximum absolute atomic E-state index is 12.3. The summed E-state index contributed by atoms with van der Waals surface area (Å²) in [7, 11) is 0. The van der Waals surface area contributed by atoms with Gasteiger partial charge in [-0.2, -0.15) is 0 Å². The summed E-state index contributed by atoms with van der Waals surface area (Å²) in [5.41, 5.74) is 1.54. The van der Waals surface area contributed by atoms with Gasteiger partial charge in [-0.3, -0.25) is 14.5 Å². The lowest BCUT2D eigenvalue weighted by atomic mass is 10.1. The second-order valence-corrected chi connectivity index (χ2v) is 6.79. The molecule has 0 spiro atoms. The van der Waals surface area contributed by atoms with Gasteiger partial charge in [-0.1, -0.05) is 35.5 Å². The largest absolute Gasteiger partial charge is 0.361 e. The molecule has 0 bridgehead atoms. The zero-order chi connectivity index (χ0) is 19.1. The van der Waals surface area contributed by atoms with Crippen molar-refractivity contribution in [3.63, 3.8) is 0 Å². The number of nitrogens with one attached hydrogen (secondary N) is 1. The van der Waals surface area contributed by atoms with E-state index in [1.54, 1.807) is 17.9 Å². The highest BCUT2D eigenvalue weighted by atomic mass is 16.5. The summed E-state index contributed by atoms with van der Waals surface area (Å²) in [4.78, 5) is 28.4. The number of amides is 2. The lowest BCUT2D eigenvalue weighted by Crippen LogP contribution is -2.50. The smallest absolute Gasteiger partial charge is 0.276 e. The van der Waals surface area contributed by atoms with E-state index >= 15 is 0 Å². The molecule has 1 saturated heterocycles. The second kappa shape index (κ2) is 9.32. The third-order valence-corrected chi connectivity index (χ3v) is 4.74. The van der Waals surface area contributed by atoms with Gasteiger partial charge < -0.3 is 14.7 Å². The fourth-order valence-corrected chi connectivity index (χ4v) is 3.15. The highest BCUT2D eigenvalue weighted by Crippen LogP contribution is 2.09. The first-order valence-electron chi connectivity index (χ1n) is 9.37. The number of rotatable bonds is 7. The predicted molar refractivity (Wildman–Crippen MR) is 101 cm³/mol. The van der Waals surface area contributed by atoms with Crippen LogP contribution >= 0.6 is 0 Å². The SMILES string of the molecule is Cc1cc(C(=O)N2CCN(CCNC(=O)CCc3ccccc3)CC2)no1. The molecule has 3 rings (SSSR count). The first-order valence-corrected chi connectivity index (χ1v) is 9.37. The van der Waals surface area contributed by atoms with Gasteiger partial charge in [0, 0.05) is 51.8 Å². The number of aromatic nitrogens is 1. The van der Waals surface area contributed by atoms with E-state index in [0.717, 1.165) is 26.1 Å². The normalized spacial score (nSPS) is 14.9. The molecule has 1 aromatic carbocycles. The highest BCUT2D eigenvalue weighted by Gasteiger charge is 2.24. The van der Waals surface area contributed by atoms with Gasteiger partial charge in [0.05, 0.1) is 0 Å². The number of hydrogen-bond acceptors (Lipinski definition) is 5. The molecule has 2 aromatic rings. The average molecular weight is 370 g/mol. The van der Waals surface area contributed by atoms with Gasteiger partial charge >= 0.3 is 0 Å². The Labute approximate surface area is 159 Å². The monoisotopic (exact) mass is 370 g/mol. The molecule has 7 heteroatoms. The minimum Gasteiger partial charge on any atom is -0.361 e. The zero-order valence-electron chi connectivity index (χ0n) is 15.7. The third-order valence-electron chi connectivity index (χ3n) is 4.74. The number of aryl methyl sites for hydroxylation is 2. The van der Waals surface area contributed by atoms with E-state index in [1.807, 2.05) is 30.3 Å².